The molecule has 1 aliphatic rings. The van der Waals surface area contributed by atoms with E-state index in [1.54, 1.807) is 14.2 Å². The molecule has 5 nitrogen and oxygen atoms in total. The van der Waals surface area contributed by atoms with Crippen molar-refractivity contribution in [3.05, 3.63) is 23.8 Å². The molecule has 2 rings (SSSR count). The molecule has 0 aliphatic carbocycles. The Morgan fingerprint density at radius 1 is 1.14 bits per heavy atom. The maximum absolute atomic E-state index is 10.1. The average Bonchev–Trinajstić information content (AvgIpc) is 2.54. The van der Waals surface area contributed by atoms with Crippen LogP contribution in [0.15, 0.2) is 18.2 Å². The van der Waals surface area contributed by atoms with Gasteiger partial charge >= 0.3 is 0 Å². The Morgan fingerprint density at radius 2 is 1.91 bits per heavy atom. The number of rotatable bonds is 7. The largest absolute Gasteiger partial charge is 0.493 e. The first-order valence-corrected chi connectivity index (χ1v) is 7.94. The number of hydrogen-bond donors (Lipinski definition) is 3. The number of aliphatic hydroxyl groups excluding tert-OH is 2. The summed E-state index contributed by atoms with van der Waals surface area (Å²) in [6.45, 7) is 0.231. The lowest BCUT2D eigenvalue weighted by Crippen LogP contribution is -2.42. The van der Waals surface area contributed by atoms with Crippen molar-refractivity contribution >= 4 is 0 Å². The van der Waals surface area contributed by atoms with E-state index in [-0.39, 0.29) is 24.8 Å². The second-order valence-corrected chi connectivity index (χ2v) is 5.88. The Bertz CT molecular complexity index is 466. The van der Waals surface area contributed by atoms with Gasteiger partial charge in [-0.25, -0.2) is 0 Å². The van der Waals surface area contributed by atoms with Crippen molar-refractivity contribution in [1.82, 2.24) is 5.32 Å². The third kappa shape index (κ3) is 4.35. The molecule has 0 bridgehead atoms. The molecule has 1 saturated heterocycles. The highest BCUT2D eigenvalue weighted by molar-refractivity contribution is 5.44. The van der Waals surface area contributed by atoms with E-state index in [0.29, 0.717) is 17.9 Å². The lowest BCUT2D eigenvalue weighted by Gasteiger charge is -2.34. The van der Waals surface area contributed by atoms with Crippen LogP contribution in [0.4, 0.5) is 0 Å². The zero-order valence-electron chi connectivity index (χ0n) is 13.4. The molecule has 1 heterocycles. The monoisotopic (exact) mass is 309 g/mol. The molecule has 1 fully saturated rings. The van der Waals surface area contributed by atoms with E-state index in [9.17, 15) is 5.11 Å². The fourth-order valence-corrected chi connectivity index (χ4v) is 3.12. The number of benzene rings is 1. The maximum atomic E-state index is 10.1. The summed E-state index contributed by atoms with van der Waals surface area (Å²) in [6, 6.07) is 6.29. The van der Waals surface area contributed by atoms with E-state index in [0.717, 1.165) is 31.2 Å². The summed E-state index contributed by atoms with van der Waals surface area (Å²) in [4.78, 5) is 0. The van der Waals surface area contributed by atoms with E-state index in [1.165, 1.54) is 0 Å². The zero-order chi connectivity index (χ0) is 15.9. The normalized spacial score (nSPS) is 25.0. The van der Waals surface area contributed by atoms with Gasteiger partial charge in [0, 0.05) is 18.7 Å². The van der Waals surface area contributed by atoms with Crippen molar-refractivity contribution in [2.75, 3.05) is 20.8 Å². The second-order valence-electron chi connectivity index (χ2n) is 5.88. The number of piperidine rings is 1. The predicted octanol–water partition coefficient (Wildman–Crippen LogP) is 2.02. The van der Waals surface area contributed by atoms with Crippen LogP contribution in [0.25, 0.3) is 0 Å². The molecule has 1 aromatic carbocycles. The summed E-state index contributed by atoms with van der Waals surface area (Å²) in [5.74, 6) is 1.42. The first-order valence-electron chi connectivity index (χ1n) is 7.94. The van der Waals surface area contributed by atoms with Crippen LogP contribution in [0.5, 0.6) is 11.5 Å². The Kier molecular flexibility index (Phi) is 6.49. The Hall–Kier alpha value is -1.30. The summed E-state index contributed by atoms with van der Waals surface area (Å²) in [5.41, 5.74) is 1.10. The zero-order valence-corrected chi connectivity index (χ0v) is 13.4. The van der Waals surface area contributed by atoms with Crippen molar-refractivity contribution in [3.63, 3.8) is 0 Å². The molecule has 0 unspecified atom stereocenters. The summed E-state index contributed by atoms with van der Waals surface area (Å²) in [7, 11) is 3.25. The molecule has 22 heavy (non-hydrogen) atoms. The van der Waals surface area contributed by atoms with E-state index < -0.39 is 0 Å². The van der Waals surface area contributed by atoms with Crippen LogP contribution >= 0.6 is 0 Å². The molecule has 0 amide bonds. The number of unbranched alkanes of at least 4 members (excludes halogenated alkanes) is 1. The summed E-state index contributed by atoms with van der Waals surface area (Å²) >= 11 is 0. The molecule has 1 aliphatic heterocycles. The van der Waals surface area contributed by atoms with Gasteiger partial charge in [0.05, 0.1) is 20.3 Å². The van der Waals surface area contributed by atoms with Gasteiger partial charge < -0.3 is 25.0 Å². The molecule has 124 valence electrons. The first kappa shape index (κ1) is 17.1. The highest BCUT2D eigenvalue weighted by atomic mass is 16.5. The lowest BCUT2D eigenvalue weighted by atomic mass is 9.89. The minimum absolute atomic E-state index is 0.114. The first-order chi connectivity index (χ1) is 10.7. The third-order valence-electron chi connectivity index (χ3n) is 4.27. The number of methoxy groups -OCH3 is 2. The molecule has 0 spiro atoms. The smallest absolute Gasteiger partial charge is 0.161 e. The van der Waals surface area contributed by atoms with Gasteiger partial charge in [-0.3, -0.25) is 0 Å². The molecular formula is C17H27NO4. The van der Waals surface area contributed by atoms with Gasteiger partial charge in [-0.15, -0.1) is 0 Å². The van der Waals surface area contributed by atoms with E-state index in [4.69, 9.17) is 14.6 Å². The van der Waals surface area contributed by atoms with E-state index >= 15 is 0 Å². The van der Waals surface area contributed by atoms with Crippen molar-refractivity contribution in [1.29, 1.82) is 0 Å². The summed E-state index contributed by atoms with van der Waals surface area (Å²) in [6.07, 6.45) is 3.94. The molecule has 0 radical (unpaired) electrons. The van der Waals surface area contributed by atoms with Gasteiger partial charge in [0.1, 0.15) is 0 Å². The van der Waals surface area contributed by atoms with Gasteiger partial charge in [0.2, 0.25) is 0 Å². The van der Waals surface area contributed by atoms with Crippen LogP contribution in [0, 0.1) is 0 Å². The van der Waals surface area contributed by atoms with E-state index in [1.807, 2.05) is 18.2 Å². The fourth-order valence-electron chi connectivity index (χ4n) is 3.12. The van der Waals surface area contributed by atoms with Crippen LogP contribution in [0.2, 0.25) is 0 Å². The second kappa shape index (κ2) is 8.36. The highest BCUT2D eigenvalue weighted by Crippen LogP contribution is 2.34. The standard InChI is InChI=1S/C17H27NO4/c1-21-16-7-6-12(9-17(16)22-2)15-11-14(20)10-13(18-15)5-3-4-8-19/h6-7,9,13-15,18-20H,3-5,8,10-11H2,1-2H3/t13-,14-,15-/m0/s1. The minimum Gasteiger partial charge on any atom is -0.493 e. The quantitative estimate of drug-likeness (QED) is 0.672. The molecule has 3 N–H and O–H groups in total. The third-order valence-corrected chi connectivity index (χ3v) is 4.27. The summed E-state index contributed by atoms with van der Waals surface area (Å²) in [5, 5.41) is 22.6. The van der Waals surface area contributed by atoms with Gasteiger partial charge in [0.25, 0.3) is 0 Å². The molecule has 1 aromatic rings. The van der Waals surface area contributed by atoms with Crippen molar-refractivity contribution in [3.8, 4) is 11.5 Å². The van der Waals surface area contributed by atoms with Crippen molar-refractivity contribution < 1.29 is 19.7 Å². The Balaban J connectivity index is 2.06. The van der Waals surface area contributed by atoms with Crippen LogP contribution in [-0.4, -0.2) is 43.2 Å². The minimum atomic E-state index is -0.293. The number of ether oxygens (including phenoxy) is 2. The topological polar surface area (TPSA) is 71.0 Å². The average molecular weight is 309 g/mol. The number of hydrogen-bond acceptors (Lipinski definition) is 5. The van der Waals surface area contributed by atoms with Crippen molar-refractivity contribution in [2.45, 2.75) is 50.3 Å². The fraction of sp³-hybridized carbons (Fsp3) is 0.647. The maximum Gasteiger partial charge on any atom is 0.161 e. The van der Waals surface area contributed by atoms with Crippen LogP contribution in [-0.2, 0) is 0 Å². The van der Waals surface area contributed by atoms with Crippen molar-refractivity contribution in [2.24, 2.45) is 0 Å². The Morgan fingerprint density at radius 3 is 2.59 bits per heavy atom. The van der Waals surface area contributed by atoms with Gasteiger partial charge in [-0.05, 0) is 49.8 Å². The predicted molar refractivity (Wildman–Crippen MR) is 85.4 cm³/mol. The molecule has 3 atom stereocenters. The molecule has 0 aromatic heterocycles. The van der Waals surface area contributed by atoms with Crippen LogP contribution in [0.3, 0.4) is 0 Å². The van der Waals surface area contributed by atoms with E-state index in [2.05, 4.69) is 5.32 Å². The van der Waals surface area contributed by atoms with Gasteiger partial charge in [0.15, 0.2) is 11.5 Å². The lowest BCUT2D eigenvalue weighted by molar-refractivity contribution is 0.0899. The van der Waals surface area contributed by atoms with Gasteiger partial charge in [-0.1, -0.05) is 6.07 Å². The Labute approximate surface area is 132 Å². The number of nitrogens with one attached hydrogen (secondary N) is 1. The van der Waals surface area contributed by atoms with Gasteiger partial charge in [-0.2, -0.15) is 0 Å². The SMILES string of the molecule is COc1ccc([C@@H]2C[C@@H](O)C[C@H](CCCCO)N2)cc1OC. The number of aliphatic hydroxyl groups is 2. The highest BCUT2D eigenvalue weighted by Gasteiger charge is 2.28. The molecule has 5 heteroatoms. The van der Waals surface area contributed by atoms with Crippen LogP contribution in [0.1, 0.15) is 43.7 Å². The molecular weight excluding hydrogens is 282 g/mol. The van der Waals surface area contributed by atoms with Crippen LogP contribution < -0.4 is 14.8 Å². The summed E-state index contributed by atoms with van der Waals surface area (Å²) < 4.78 is 10.6. The molecule has 0 saturated carbocycles.